The van der Waals surface area contributed by atoms with E-state index in [2.05, 4.69) is 19.2 Å². The third-order valence-electron chi connectivity index (χ3n) is 4.71. The molecule has 2 unspecified atom stereocenters. The molecule has 0 saturated heterocycles. The van der Waals surface area contributed by atoms with Crippen LogP contribution >= 0.6 is 0 Å². The minimum absolute atomic E-state index is 0.277. The van der Waals surface area contributed by atoms with Crippen LogP contribution < -0.4 is 11.1 Å². The molecule has 18 heavy (non-hydrogen) atoms. The van der Waals surface area contributed by atoms with Crippen molar-refractivity contribution in [1.29, 1.82) is 0 Å². The van der Waals surface area contributed by atoms with E-state index in [0.29, 0.717) is 0 Å². The molecule has 2 rings (SSSR count). The summed E-state index contributed by atoms with van der Waals surface area (Å²) in [5.41, 5.74) is 9.35. The van der Waals surface area contributed by atoms with Crippen molar-refractivity contribution in [3.05, 3.63) is 11.3 Å². The van der Waals surface area contributed by atoms with Crippen LogP contribution in [0.2, 0.25) is 0 Å². The van der Waals surface area contributed by atoms with E-state index in [4.69, 9.17) is 5.73 Å². The highest BCUT2D eigenvalue weighted by Gasteiger charge is 2.23. The number of nitrogens with one attached hydrogen (secondary N) is 1. The Labute approximate surface area is 112 Å². The molecule has 0 aromatic heterocycles. The van der Waals surface area contributed by atoms with Crippen LogP contribution in [0.25, 0.3) is 0 Å². The van der Waals surface area contributed by atoms with Crippen LogP contribution in [0.1, 0.15) is 71.6 Å². The van der Waals surface area contributed by atoms with Crippen LogP contribution in [0.5, 0.6) is 0 Å². The molecular weight excluding hydrogens is 220 g/mol. The van der Waals surface area contributed by atoms with Gasteiger partial charge in [0.15, 0.2) is 0 Å². The Kier molecular flexibility index (Phi) is 5.11. The van der Waals surface area contributed by atoms with Crippen LogP contribution in [0.4, 0.5) is 0 Å². The Morgan fingerprint density at radius 3 is 2.61 bits per heavy atom. The van der Waals surface area contributed by atoms with Crippen LogP contribution in [0.3, 0.4) is 0 Å². The molecule has 3 N–H and O–H groups in total. The van der Waals surface area contributed by atoms with Gasteiger partial charge in [-0.1, -0.05) is 33.1 Å². The first-order valence-electron chi connectivity index (χ1n) is 7.94. The van der Waals surface area contributed by atoms with Crippen molar-refractivity contribution in [1.82, 2.24) is 5.32 Å². The zero-order valence-corrected chi connectivity index (χ0v) is 12.2. The summed E-state index contributed by atoms with van der Waals surface area (Å²) in [5, 5.41) is 3.84. The fourth-order valence-electron chi connectivity index (χ4n) is 3.43. The van der Waals surface area contributed by atoms with Crippen molar-refractivity contribution in [2.75, 3.05) is 0 Å². The van der Waals surface area contributed by atoms with Crippen LogP contribution in [0.15, 0.2) is 11.3 Å². The van der Waals surface area contributed by atoms with Gasteiger partial charge < -0.3 is 11.1 Å². The molecule has 0 aromatic rings. The molecule has 2 atom stereocenters. The first-order valence-corrected chi connectivity index (χ1v) is 7.94. The molecule has 0 aromatic carbocycles. The Balaban J connectivity index is 2.04. The van der Waals surface area contributed by atoms with Gasteiger partial charge in [0.2, 0.25) is 0 Å². The average Bonchev–Trinajstić information content (AvgIpc) is 2.41. The highest BCUT2D eigenvalue weighted by Crippen LogP contribution is 2.31. The van der Waals surface area contributed by atoms with Crippen molar-refractivity contribution in [3.8, 4) is 0 Å². The minimum Gasteiger partial charge on any atom is -0.386 e. The van der Waals surface area contributed by atoms with E-state index in [9.17, 15) is 0 Å². The number of hydrogen-bond donors (Lipinski definition) is 2. The monoisotopic (exact) mass is 250 g/mol. The van der Waals surface area contributed by atoms with Gasteiger partial charge in [-0.3, -0.25) is 0 Å². The van der Waals surface area contributed by atoms with Gasteiger partial charge in [-0.15, -0.1) is 0 Å². The van der Waals surface area contributed by atoms with E-state index < -0.39 is 0 Å². The van der Waals surface area contributed by atoms with Crippen molar-refractivity contribution in [2.45, 2.75) is 83.7 Å². The SMILES string of the molecule is CCC(N)C1=C(NC2CCCCC2)CCC(C)C1. The molecule has 0 aliphatic heterocycles. The fourth-order valence-corrected chi connectivity index (χ4v) is 3.43. The van der Waals surface area contributed by atoms with Crippen molar-refractivity contribution in [3.63, 3.8) is 0 Å². The largest absolute Gasteiger partial charge is 0.386 e. The Morgan fingerprint density at radius 1 is 1.22 bits per heavy atom. The van der Waals surface area contributed by atoms with Gasteiger partial charge in [0, 0.05) is 17.8 Å². The Hall–Kier alpha value is -0.500. The molecule has 0 amide bonds. The predicted molar refractivity (Wildman–Crippen MR) is 78.3 cm³/mol. The normalized spacial score (nSPS) is 28.3. The third-order valence-corrected chi connectivity index (χ3v) is 4.71. The quantitative estimate of drug-likeness (QED) is 0.798. The van der Waals surface area contributed by atoms with E-state index >= 15 is 0 Å². The molecule has 2 heteroatoms. The number of nitrogens with two attached hydrogens (primary N) is 1. The second-order valence-corrected chi connectivity index (χ2v) is 6.35. The lowest BCUT2D eigenvalue weighted by atomic mass is 9.83. The van der Waals surface area contributed by atoms with E-state index in [1.54, 1.807) is 0 Å². The molecule has 0 heterocycles. The summed E-state index contributed by atoms with van der Waals surface area (Å²) >= 11 is 0. The van der Waals surface area contributed by atoms with E-state index in [-0.39, 0.29) is 6.04 Å². The smallest absolute Gasteiger partial charge is 0.0271 e. The molecule has 0 radical (unpaired) electrons. The predicted octanol–water partition coefficient (Wildman–Crippen LogP) is 3.72. The summed E-state index contributed by atoms with van der Waals surface area (Å²) in [4.78, 5) is 0. The van der Waals surface area contributed by atoms with Gasteiger partial charge >= 0.3 is 0 Å². The standard InChI is InChI=1S/C16H30N2/c1-3-15(17)14-11-12(2)9-10-16(14)18-13-7-5-4-6-8-13/h12-13,15,18H,3-11,17H2,1-2H3. The van der Waals surface area contributed by atoms with Gasteiger partial charge in [0.1, 0.15) is 0 Å². The zero-order chi connectivity index (χ0) is 13.0. The second kappa shape index (κ2) is 6.60. The minimum atomic E-state index is 0.277. The van der Waals surface area contributed by atoms with Gasteiger partial charge in [-0.2, -0.15) is 0 Å². The van der Waals surface area contributed by atoms with E-state index in [1.165, 1.54) is 62.6 Å². The summed E-state index contributed by atoms with van der Waals surface area (Å²) in [7, 11) is 0. The average molecular weight is 250 g/mol. The molecule has 0 bridgehead atoms. The van der Waals surface area contributed by atoms with Crippen LogP contribution in [0, 0.1) is 5.92 Å². The van der Waals surface area contributed by atoms with Crippen LogP contribution in [-0.2, 0) is 0 Å². The molecule has 2 aliphatic carbocycles. The molecule has 2 nitrogen and oxygen atoms in total. The maximum Gasteiger partial charge on any atom is 0.0271 e. The third kappa shape index (κ3) is 3.50. The lowest BCUT2D eigenvalue weighted by Crippen LogP contribution is -2.36. The highest BCUT2D eigenvalue weighted by atomic mass is 14.9. The fraction of sp³-hybridized carbons (Fsp3) is 0.875. The number of rotatable bonds is 4. The first kappa shape index (κ1) is 13.9. The molecule has 104 valence electrons. The van der Waals surface area contributed by atoms with Crippen molar-refractivity contribution in [2.24, 2.45) is 11.7 Å². The Bertz CT molecular complexity index is 289. The molecule has 1 fully saturated rings. The maximum absolute atomic E-state index is 6.31. The first-order chi connectivity index (χ1) is 8.70. The molecular formula is C16H30N2. The lowest BCUT2D eigenvalue weighted by Gasteiger charge is -2.33. The summed E-state index contributed by atoms with van der Waals surface area (Å²) < 4.78 is 0. The summed E-state index contributed by atoms with van der Waals surface area (Å²) in [5.74, 6) is 0.814. The lowest BCUT2D eigenvalue weighted by molar-refractivity contribution is 0.373. The topological polar surface area (TPSA) is 38.0 Å². The second-order valence-electron chi connectivity index (χ2n) is 6.35. The van der Waals surface area contributed by atoms with Gasteiger partial charge in [-0.25, -0.2) is 0 Å². The Morgan fingerprint density at radius 2 is 1.94 bits per heavy atom. The summed E-state index contributed by atoms with van der Waals surface area (Å²) in [6.07, 6.45) is 11.8. The van der Waals surface area contributed by atoms with Gasteiger partial charge in [0.05, 0.1) is 0 Å². The molecule has 2 aliphatic rings. The van der Waals surface area contributed by atoms with Crippen LogP contribution in [-0.4, -0.2) is 12.1 Å². The highest BCUT2D eigenvalue weighted by molar-refractivity contribution is 5.22. The van der Waals surface area contributed by atoms with E-state index in [0.717, 1.165) is 18.4 Å². The van der Waals surface area contributed by atoms with Crippen molar-refractivity contribution < 1.29 is 0 Å². The van der Waals surface area contributed by atoms with Crippen molar-refractivity contribution >= 4 is 0 Å². The van der Waals surface area contributed by atoms with E-state index in [1.807, 2.05) is 0 Å². The maximum atomic E-state index is 6.31. The molecule has 0 spiro atoms. The number of allylic oxidation sites excluding steroid dienone is 1. The zero-order valence-electron chi connectivity index (χ0n) is 12.2. The molecule has 1 saturated carbocycles. The van der Waals surface area contributed by atoms with Gasteiger partial charge in [-0.05, 0) is 50.0 Å². The summed E-state index contributed by atoms with van der Waals surface area (Å²) in [6.45, 7) is 4.56. The number of hydrogen-bond acceptors (Lipinski definition) is 2. The van der Waals surface area contributed by atoms with Gasteiger partial charge in [0.25, 0.3) is 0 Å². The summed E-state index contributed by atoms with van der Waals surface area (Å²) in [6, 6.07) is 1.00.